The van der Waals surface area contributed by atoms with E-state index in [9.17, 15) is 0 Å². The number of allylic oxidation sites excluding steroid dienone is 1. The second-order valence-corrected chi connectivity index (χ2v) is 3.72. The highest BCUT2D eigenvalue weighted by atomic mass is 14.2. The number of rotatable bonds is 2. The monoisotopic (exact) mass is 172 g/mol. The zero-order valence-electron chi connectivity index (χ0n) is 8.43. The largest absolute Gasteiger partial charge is 0.0655 e. The van der Waals surface area contributed by atoms with Gasteiger partial charge in [-0.25, -0.2) is 0 Å². The topological polar surface area (TPSA) is 0 Å². The van der Waals surface area contributed by atoms with E-state index >= 15 is 0 Å². The van der Waals surface area contributed by atoms with Gasteiger partial charge in [-0.15, -0.1) is 0 Å². The molecule has 0 heteroatoms. The number of benzene rings is 1. The summed E-state index contributed by atoms with van der Waals surface area (Å²) in [5, 5.41) is 0. The lowest BCUT2D eigenvalue weighted by atomic mass is 10.0. The quantitative estimate of drug-likeness (QED) is 0.639. The van der Waals surface area contributed by atoms with Gasteiger partial charge < -0.3 is 0 Å². The zero-order valence-corrected chi connectivity index (χ0v) is 8.43. The van der Waals surface area contributed by atoms with Gasteiger partial charge in [0, 0.05) is 0 Å². The minimum absolute atomic E-state index is 1.14. The van der Waals surface area contributed by atoms with E-state index in [4.69, 9.17) is 0 Å². The van der Waals surface area contributed by atoms with Gasteiger partial charge in [0.05, 0.1) is 0 Å². The molecule has 0 fully saturated rings. The first kappa shape index (κ1) is 8.55. The Labute approximate surface area is 80.3 Å². The van der Waals surface area contributed by atoms with Crippen LogP contribution in [0, 0.1) is 0 Å². The predicted octanol–water partition coefficient (Wildman–Crippen LogP) is 3.60. The summed E-state index contributed by atoms with van der Waals surface area (Å²) in [5.41, 5.74) is 5.99. The lowest BCUT2D eigenvalue weighted by Crippen LogP contribution is -1.86. The molecule has 0 heterocycles. The summed E-state index contributed by atoms with van der Waals surface area (Å²) in [6.45, 7) is 4.44. The fraction of sp³-hybridized carbons (Fsp3) is 0.385. The van der Waals surface area contributed by atoms with Crippen molar-refractivity contribution in [2.45, 2.75) is 33.1 Å². The Kier molecular flexibility index (Phi) is 2.22. The molecule has 0 unspecified atom stereocenters. The molecule has 0 N–H and O–H groups in total. The molecule has 0 spiro atoms. The van der Waals surface area contributed by atoms with Gasteiger partial charge in [-0.1, -0.05) is 43.7 Å². The maximum Gasteiger partial charge on any atom is -0.00579 e. The van der Waals surface area contributed by atoms with E-state index < -0.39 is 0 Å². The molecule has 2 rings (SSSR count). The number of fused-ring (bicyclic) bond motifs is 1. The summed E-state index contributed by atoms with van der Waals surface area (Å²) in [5.74, 6) is 0. The van der Waals surface area contributed by atoms with Crippen molar-refractivity contribution in [3.8, 4) is 0 Å². The molecule has 1 aromatic carbocycles. The van der Waals surface area contributed by atoms with Crippen LogP contribution in [-0.4, -0.2) is 0 Å². The van der Waals surface area contributed by atoms with E-state index in [0.29, 0.717) is 0 Å². The first-order chi connectivity index (χ1) is 6.33. The van der Waals surface area contributed by atoms with Crippen molar-refractivity contribution in [2.24, 2.45) is 0 Å². The first-order valence-electron chi connectivity index (χ1n) is 5.14. The smallest absolute Gasteiger partial charge is 0.00579 e. The maximum atomic E-state index is 2.36. The molecule has 1 aromatic rings. The molecule has 0 saturated heterocycles. The summed E-state index contributed by atoms with van der Waals surface area (Å²) >= 11 is 0. The highest BCUT2D eigenvalue weighted by Crippen LogP contribution is 2.27. The zero-order chi connectivity index (χ0) is 9.26. The Morgan fingerprint density at radius 1 is 1.15 bits per heavy atom. The Bertz CT molecular complexity index is 345. The van der Waals surface area contributed by atoms with E-state index in [1.807, 2.05) is 0 Å². The Morgan fingerprint density at radius 3 is 2.69 bits per heavy atom. The van der Waals surface area contributed by atoms with Crippen molar-refractivity contribution in [3.63, 3.8) is 0 Å². The highest BCUT2D eigenvalue weighted by molar-refractivity contribution is 5.64. The average Bonchev–Trinajstić information content (AvgIpc) is 2.58. The molecule has 1 aliphatic carbocycles. The lowest BCUT2D eigenvalue weighted by Gasteiger charge is -2.01. The van der Waals surface area contributed by atoms with Crippen molar-refractivity contribution in [3.05, 3.63) is 40.5 Å². The molecular formula is C13H16. The van der Waals surface area contributed by atoms with Gasteiger partial charge in [0.1, 0.15) is 0 Å². The maximum absolute atomic E-state index is 2.36. The minimum atomic E-state index is 1.14. The first-order valence-corrected chi connectivity index (χ1v) is 5.14. The Balaban J connectivity index is 2.36. The summed E-state index contributed by atoms with van der Waals surface area (Å²) in [7, 11) is 0. The summed E-state index contributed by atoms with van der Waals surface area (Å²) in [6, 6.07) is 6.87. The van der Waals surface area contributed by atoms with Crippen LogP contribution in [-0.2, 0) is 12.8 Å². The van der Waals surface area contributed by atoms with Gasteiger partial charge >= 0.3 is 0 Å². The number of hydrogen-bond donors (Lipinski definition) is 0. The van der Waals surface area contributed by atoms with Crippen molar-refractivity contribution in [1.29, 1.82) is 0 Å². The third-order valence-corrected chi connectivity index (χ3v) is 2.85. The van der Waals surface area contributed by atoms with Crippen LogP contribution in [0.3, 0.4) is 0 Å². The molecule has 0 saturated carbocycles. The van der Waals surface area contributed by atoms with E-state index in [-0.39, 0.29) is 0 Å². The van der Waals surface area contributed by atoms with Crippen LogP contribution in [0.4, 0.5) is 0 Å². The molecule has 0 aliphatic heterocycles. The molecule has 0 atom stereocenters. The molecule has 0 bridgehead atoms. The predicted molar refractivity (Wildman–Crippen MR) is 57.8 cm³/mol. The van der Waals surface area contributed by atoms with E-state index in [2.05, 4.69) is 38.1 Å². The van der Waals surface area contributed by atoms with E-state index in [0.717, 1.165) is 6.42 Å². The normalized spacial score (nSPS) is 14.2. The van der Waals surface area contributed by atoms with Crippen LogP contribution in [0.25, 0.3) is 6.08 Å². The summed E-state index contributed by atoms with van der Waals surface area (Å²) in [6.07, 6.45) is 5.86. The Morgan fingerprint density at radius 2 is 2.00 bits per heavy atom. The summed E-state index contributed by atoms with van der Waals surface area (Å²) in [4.78, 5) is 0. The third kappa shape index (κ3) is 1.53. The van der Waals surface area contributed by atoms with Crippen molar-refractivity contribution < 1.29 is 0 Å². The summed E-state index contributed by atoms with van der Waals surface area (Å²) < 4.78 is 0. The lowest BCUT2D eigenvalue weighted by molar-refractivity contribution is 1.04. The molecule has 0 radical (unpaired) electrons. The van der Waals surface area contributed by atoms with Crippen LogP contribution in [0.2, 0.25) is 0 Å². The SMILES string of the molecule is CCC1=Cc2cc(CC)ccc2C1. The average molecular weight is 172 g/mol. The molecule has 68 valence electrons. The second kappa shape index (κ2) is 3.37. The minimum Gasteiger partial charge on any atom is -0.0655 e. The molecule has 0 amide bonds. The van der Waals surface area contributed by atoms with Gasteiger partial charge in [-0.3, -0.25) is 0 Å². The second-order valence-electron chi connectivity index (χ2n) is 3.72. The number of aryl methyl sites for hydroxylation is 1. The van der Waals surface area contributed by atoms with Crippen LogP contribution >= 0.6 is 0 Å². The van der Waals surface area contributed by atoms with Gasteiger partial charge in [-0.05, 0) is 36.0 Å². The van der Waals surface area contributed by atoms with Crippen molar-refractivity contribution in [2.75, 3.05) is 0 Å². The fourth-order valence-electron chi connectivity index (χ4n) is 1.90. The van der Waals surface area contributed by atoms with Gasteiger partial charge in [0.25, 0.3) is 0 Å². The van der Waals surface area contributed by atoms with Crippen LogP contribution in [0.1, 0.15) is 37.0 Å². The molecule has 13 heavy (non-hydrogen) atoms. The Hall–Kier alpha value is -1.04. The van der Waals surface area contributed by atoms with Crippen LogP contribution in [0.5, 0.6) is 0 Å². The standard InChI is InChI=1S/C13H16/c1-3-10-5-6-12-8-11(4-2)9-13(12)7-10/h5-7,9H,3-4,8H2,1-2H3. The van der Waals surface area contributed by atoms with Crippen LogP contribution in [0.15, 0.2) is 23.8 Å². The fourth-order valence-corrected chi connectivity index (χ4v) is 1.90. The van der Waals surface area contributed by atoms with Crippen molar-refractivity contribution >= 4 is 6.08 Å². The third-order valence-electron chi connectivity index (χ3n) is 2.85. The highest BCUT2D eigenvalue weighted by Gasteiger charge is 2.10. The van der Waals surface area contributed by atoms with Crippen LogP contribution < -0.4 is 0 Å². The molecule has 1 aliphatic rings. The van der Waals surface area contributed by atoms with Gasteiger partial charge in [0.2, 0.25) is 0 Å². The van der Waals surface area contributed by atoms with Gasteiger partial charge in [-0.2, -0.15) is 0 Å². The number of hydrogen-bond acceptors (Lipinski definition) is 0. The van der Waals surface area contributed by atoms with Crippen molar-refractivity contribution in [1.82, 2.24) is 0 Å². The molecular weight excluding hydrogens is 156 g/mol. The molecule has 0 nitrogen and oxygen atoms in total. The van der Waals surface area contributed by atoms with E-state index in [1.165, 1.54) is 29.5 Å². The molecule has 0 aromatic heterocycles. The van der Waals surface area contributed by atoms with E-state index in [1.54, 1.807) is 5.57 Å². The van der Waals surface area contributed by atoms with Gasteiger partial charge in [0.15, 0.2) is 0 Å².